The summed E-state index contributed by atoms with van der Waals surface area (Å²) < 4.78 is 6.00. The zero-order valence-electron chi connectivity index (χ0n) is 20.5. The molecule has 1 saturated heterocycles. The molecule has 0 radical (unpaired) electrons. The van der Waals surface area contributed by atoms with Crippen LogP contribution in [0.25, 0.3) is 6.08 Å². The molecule has 0 atom stereocenters. The standard InChI is InChI=1S/C29H25N3O4S2/c1-20(16-21-8-4-2-5-9-21)17-25-28(35)32(29(37)38-25)18-26(33)30-31-27(34)23-12-14-24(15-13-23)36-19-22-10-6-3-7-11-22/h2-17H,18-19H2,1H3,(H,30,33)(H,31,34). The Hall–Kier alpha value is -4.21. The minimum Gasteiger partial charge on any atom is -0.489 e. The molecule has 0 bridgehead atoms. The highest BCUT2D eigenvalue weighted by atomic mass is 32.2. The maximum absolute atomic E-state index is 12.8. The second-order valence-corrected chi connectivity index (χ2v) is 10.0. The Morgan fingerprint density at radius 1 is 0.947 bits per heavy atom. The monoisotopic (exact) mass is 543 g/mol. The molecule has 3 aromatic rings. The smallest absolute Gasteiger partial charge is 0.269 e. The van der Waals surface area contributed by atoms with Gasteiger partial charge in [-0.1, -0.05) is 90.7 Å². The lowest BCUT2D eigenvalue weighted by atomic mass is 10.1. The second kappa shape index (κ2) is 12.8. The van der Waals surface area contributed by atoms with Crippen molar-refractivity contribution in [3.05, 3.63) is 118 Å². The van der Waals surface area contributed by atoms with Gasteiger partial charge in [-0.25, -0.2) is 0 Å². The summed E-state index contributed by atoms with van der Waals surface area (Å²) in [5.41, 5.74) is 7.96. The van der Waals surface area contributed by atoms with Crippen molar-refractivity contribution in [3.8, 4) is 5.75 Å². The minimum absolute atomic E-state index is 0.279. The lowest BCUT2D eigenvalue weighted by Crippen LogP contribution is -2.47. The van der Waals surface area contributed by atoms with Crippen molar-refractivity contribution in [1.82, 2.24) is 15.8 Å². The number of hydrazine groups is 1. The topological polar surface area (TPSA) is 87.7 Å². The van der Waals surface area contributed by atoms with Crippen LogP contribution in [0, 0.1) is 0 Å². The van der Waals surface area contributed by atoms with Crippen LogP contribution in [0.4, 0.5) is 0 Å². The fourth-order valence-electron chi connectivity index (χ4n) is 3.52. The zero-order valence-corrected chi connectivity index (χ0v) is 22.2. The van der Waals surface area contributed by atoms with Crippen LogP contribution < -0.4 is 15.6 Å². The molecule has 192 valence electrons. The number of hydrogen-bond acceptors (Lipinski definition) is 6. The van der Waals surface area contributed by atoms with E-state index in [1.165, 1.54) is 4.90 Å². The average molecular weight is 544 g/mol. The molecule has 1 fully saturated rings. The van der Waals surface area contributed by atoms with Gasteiger partial charge in [0.25, 0.3) is 17.7 Å². The Labute approximate surface area is 230 Å². The Bertz CT molecular complexity index is 1390. The molecule has 0 unspecified atom stereocenters. The molecule has 1 heterocycles. The Morgan fingerprint density at radius 3 is 2.29 bits per heavy atom. The van der Waals surface area contributed by atoms with E-state index in [1.54, 1.807) is 30.3 Å². The van der Waals surface area contributed by atoms with Gasteiger partial charge < -0.3 is 4.74 Å². The van der Waals surface area contributed by atoms with E-state index in [2.05, 4.69) is 10.9 Å². The van der Waals surface area contributed by atoms with Gasteiger partial charge in [0, 0.05) is 5.56 Å². The van der Waals surface area contributed by atoms with Crippen LogP contribution in [0.2, 0.25) is 0 Å². The van der Waals surface area contributed by atoms with Crippen LogP contribution in [0.5, 0.6) is 5.75 Å². The first-order valence-electron chi connectivity index (χ1n) is 11.7. The number of rotatable bonds is 8. The summed E-state index contributed by atoms with van der Waals surface area (Å²) in [5, 5.41) is 0. The Kier molecular flexibility index (Phi) is 9.07. The third-order valence-corrected chi connectivity index (χ3v) is 6.79. The fourth-order valence-corrected chi connectivity index (χ4v) is 4.83. The Balaban J connectivity index is 1.26. The van der Waals surface area contributed by atoms with Gasteiger partial charge in [0.1, 0.15) is 23.2 Å². The molecule has 4 rings (SSSR count). The maximum atomic E-state index is 12.8. The summed E-state index contributed by atoms with van der Waals surface area (Å²) in [7, 11) is 0. The van der Waals surface area contributed by atoms with E-state index in [-0.39, 0.29) is 16.8 Å². The number of hydrogen-bond donors (Lipinski definition) is 2. The lowest BCUT2D eigenvalue weighted by molar-refractivity contribution is -0.129. The first kappa shape index (κ1) is 26.8. The molecule has 7 nitrogen and oxygen atoms in total. The molecule has 0 saturated carbocycles. The average Bonchev–Trinajstić information content (AvgIpc) is 3.19. The molecular formula is C29H25N3O4S2. The number of amides is 3. The quantitative estimate of drug-likeness (QED) is 0.239. The number of carbonyl (C=O) groups excluding carboxylic acids is 3. The second-order valence-electron chi connectivity index (χ2n) is 8.37. The number of ether oxygens (including phenoxy) is 1. The molecule has 9 heteroatoms. The summed E-state index contributed by atoms with van der Waals surface area (Å²) in [6.45, 7) is 2.00. The van der Waals surface area contributed by atoms with Gasteiger partial charge in [-0.2, -0.15) is 0 Å². The van der Waals surface area contributed by atoms with Crippen LogP contribution in [-0.2, 0) is 16.2 Å². The van der Waals surface area contributed by atoms with E-state index in [9.17, 15) is 14.4 Å². The van der Waals surface area contributed by atoms with Gasteiger partial charge in [-0.3, -0.25) is 30.1 Å². The largest absolute Gasteiger partial charge is 0.489 e. The third kappa shape index (κ3) is 7.41. The summed E-state index contributed by atoms with van der Waals surface area (Å²) in [5.74, 6) is -0.811. The number of thiocarbonyl (C=S) groups is 1. The maximum Gasteiger partial charge on any atom is 0.269 e. The molecule has 2 N–H and O–H groups in total. The highest BCUT2D eigenvalue weighted by Gasteiger charge is 2.33. The van der Waals surface area contributed by atoms with Gasteiger partial charge >= 0.3 is 0 Å². The number of thioether (sulfide) groups is 1. The van der Waals surface area contributed by atoms with Crippen LogP contribution in [0.3, 0.4) is 0 Å². The van der Waals surface area contributed by atoms with Crippen molar-refractivity contribution >= 4 is 52.1 Å². The molecule has 1 aliphatic rings. The first-order chi connectivity index (χ1) is 18.4. The number of carbonyl (C=O) groups is 3. The molecule has 1 aliphatic heterocycles. The van der Waals surface area contributed by atoms with Crippen molar-refractivity contribution in [3.63, 3.8) is 0 Å². The molecule has 3 aromatic carbocycles. The van der Waals surface area contributed by atoms with Crippen LogP contribution in [-0.4, -0.2) is 33.5 Å². The molecule has 0 spiro atoms. The minimum atomic E-state index is -0.574. The molecule has 3 amide bonds. The SMILES string of the molecule is CC(=Cc1ccccc1)C=C1SC(=S)N(CC(=O)NNC(=O)c2ccc(OCc3ccccc3)cc2)C1=O. The van der Waals surface area contributed by atoms with Gasteiger partial charge in [-0.15, -0.1) is 0 Å². The Morgan fingerprint density at radius 2 is 1.61 bits per heavy atom. The predicted molar refractivity (Wildman–Crippen MR) is 153 cm³/mol. The number of nitrogens with zero attached hydrogens (tertiary/aromatic N) is 1. The van der Waals surface area contributed by atoms with E-state index < -0.39 is 11.8 Å². The van der Waals surface area contributed by atoms with Crippen molar-refractivity contribution in [2.75, 3.05) is 6.54 Å². The zero-order chi connectivity index (χ0) is 26.9. The van der Waals surface area contributed by atoms with Crippen LogP contribution >= 0.6 is 24.0 Å². The normalized spacial score (nSPS) is 14.5. The van der Waals surface area contributed by atoms with E-state index in [0.29, 0.717) is 22.8 Å². The number of allylic oxidation sites excluding steroid dienone is 2. The predicted octanol–water partition coefficient (Wildman–Crippen LogP) is 4.87. The third-order valence-electron chi connectivity index (χ3n) is 5.41. The highest BCUT2D eigenvalue weighted by molar-refractivity contribution is 8.26. The fraction of sp³-hybridized carbons (Fsp3) is 0.103. The summed E-state index contributed by atoms with van der Waals surface area (Å²) in [6, 6.07) is 26.0. The summed E-state index contributed by atoms with van der Waals surface area (Å²) in [4.78, 5) is 39.3. The van der Waals surface area contributed by atoms with Gasteiger partial charge in [0.15, 0.2) is 0 Å². The van der Waals surface area contributed by atoms with Gasteiger partial charge in [-0.05, 0) is 54.0 Å². The lowest BCUT2D eigenvalue weighted by Gasteiger charge is -2.14. The summed E-state index contributed by atoms with van der Waals surface area (Å²) >= 11 is 6.44. The number of benzene rings is 3. The highest BCUT2D eigenvalue weighted by Crippen LogP contribution is 2.31. The van der Waals surface area contributed by atoms with Gasteiger partial charge in [0.05, 0.1) is 4.91 Å². The van der Waals surface area contributed by atoms with E-state index in [4.69, 9.17) is 17.0 Å². The van der Waals surface area contributed by atoms with Gasteiger partial charge in [0.2, 0.25) is 0 Å². The molecule has 38 heavy (non-hydrogen) atoms. The van der Waals surface area contributed by atoms with Crippen LogP contribution in [0.15, 0.2) is 101 Å². The summed E-state index contributed by atoms with van der Waals surface area (Å²) in [6.07, 6.45) is 3.70. The molecular weight excluding hydrogens is 518 g/mol. The van der Waals surface area contributed by atoms with E-state index in [1.807, 2.05) is 73.7 Å². The van der Waals surface area contributed by atoms with Crippen molar-refractivity contribution in [1.29, 1.82) is 0 Å². The van der Waals surface area contributed by atoms with Crippen molar-refractivity contribution < 1.29 is 19.1 Å². The number of nitrogens with one attached hydrogen (secondary N) is 2. The molecule has 0 aromatic heterocycles. The van der Waals surface area contributed by atoms with E-state index in [0.717, 1.165) is 28.5 Å². The first-order valence-corrected chi connectivity index (χ1v) is 13.0. The van der Waals surface area contributed by atoms with Crippen molar-refractivity contribution in [2.24, 2.45) is 0 Å². The van der Waals surface area contributed by atoms with Crippen molar-refractivity contribution in [2.45, 2.75) is 13.5 Å². The van der Waals surface area contributed by atoms with Crippen LogP contribution in [0.1, 0.15) is 28.4 Å². The van der Waals surface area contributed by atoms with E-state index >= 15 is 0 Å². The molecule has 0 aliphatic carbocycles.